The molecule has 2 aromatic carbocycles. The van der Waals surface area contributed by atoms with Gasteiger partial charge in [-0.1, -0.05) is 41.1 Å². The van der Waals surface area contributed by atoms with Gasteiger partial charge in [-0.25, -0.2) is 8.78 Å². The van der Waals surface area contributed by atoms with Crippen molar-refractivity contribution in [2.24, 2.45) is 0 Å². The van der Waals surface area contributed by atoms with Gasteiger partial charge < -0.3 is 4.52 Å². The third-order valence-corrected chi connectivity index (χ3v) is 2.91. The van der Waals surface area contributed by atoms with Crippen LogP contribution in [0.3, 0.4) is 0 Å². The molecule has 0 aliphatic heterocycles. The molecule has 0 atom stereocenters. The molecule has 3 rings (SSSR count). The van der Waals surface area contributed by atoms with E-state index in [1.165, 1.54) is 6.07 Å². The Bertz CT molecular complexity index is 731. The van der Waals surface area contributed by atoms with Crippen LogP contribution in [-0.2, 0) is 0 Å². The van der Waals surface area contributed by atoms with Crippen LogP contribution in [0.5, 0.6) is 0 Å². The third-order valence-electron chi connectivity index (χ3n) is 2.91. The number of aryl methyl sites for hydroxylation is 1. The van der Waals surface area contributed by atoms with E-state index in [2.05, 4.69) is 10.1 Å². The van der Waals surface area contributed by atoms with Crippen molar-refractivity contribution in [2.75, 3.05) is 0 Å². The van der Waals surface area contributed by atoms with E-state index in [1.807, 2.05) is 31.2 Å². The molecule has 0 amide bonds. The van der Waals surface area contributed by atoms with Crippen molar-refractivity contribution in [3.05, 3.63) is 59.7 Å². The van der Waals surface area contributed by atoms with Crippen molar-refractivity contribution in [3.63, 3.8) is 0 Å². The zero-order valence-electron chi connectivity index (χ0n) is 10.6. The van der Waals surface area contributed by atoms with Gasteiger partial charge >= 0.3 is 0 Å². The minimum Gasteiger partial charge on any atom is -0.333 e. The lowest BCUT2D eigenvalue weighted by Crippen LogP contribution is -1.89. The third kappa shape index (κ3) is 2.18. The van der Waals surface area contributed by atoms with Crippen molar-refractivity contribution >= 4 is 0 Å². The number of aromatic nitrogens is 2. The average molecular weight is 272 g/mol. The summed E-state index contributed by atoms with van der Waals surface area (Å²) < 4.78 is 32.2. The Morgan fingerprint density at radius 2 is 1.60 bits per heavy atom. The van der Waals surface area contributed by atoms with E-state index in [-0.39, 0.29) is 11.5 Å². The summed E-state index contributed by atoms with van der Waals surface area (Å²) in [5.41, 5.74) is 1.51. The minimum absolute atomic E-state index is 0.170. The maximum Gasteiger partial charge on any atom is 0.264 e. The smallest absolute Gasteiger partial charge is 0.264 e. The van der Waals surface area contributed by atoms with Crippen LogP contribution in [-0.4, -0.2) is 10.1 Å². The number of rotatable bonds is 2. The van der Waals surface area contributed by atoms with Gasteiger partial charge in [0, 0.05) is 5.56 Å². The van der Waals surface area contributed by atoms with Gasteiger partial charge in [-0.05, 0) is 19.1 Å². The number of hydrogen-bond acceptors (Lipinski definition) is 3. The van der Waals surface area contributed by atoms with Crippen molar-refractivity contribution in [1.29, 1.82) is 0 Å². The maximum absolute atomic E-state index is 13.6. The first-order valence-corrected chi connectivity index (χ1v) is 6.00. The molecule has 1 aromatic heterocycles. The molecular formula is C15H10F2N2O. The summed E-state index contributed by atoms with van der Waals surface area (Å²) in [6.07, 6.45) is 0. The van der Waals surface area contributed by atoms with Crippen molar-refractivity contribution in [1.82, 2.24) is 10.1 Å². The van der Waals surface area contributed by atoms with Gasteiger partial charge in [-0.15, -0.1) is 0 Å². The first-order valence-electron chi connectivity index (χ1n) is 6.00. The molecule has 0 aliphatic rings. The largest absolute Gasteiger partial charge is 0.333 e. The molecule has 0 fully saturated rings. The Hall–Kier alpha value is -2.56. The zero-order chi connectivity index (χ0) is 14.1. The molecule has 0 spiro atoms. The summed E-state index contributed by atoms with van der Waals surface area (Å²) in [5.74, 6) is -1.34. The van der Waals surface area contributed by atoms with Crippen LogP contribution in [0, 0.1) is 18.6 Å². The van der Waals surface area contributed by atoms with E-state index in [9.17, 15) is 8.78 Å². The van der Waals surface area contributed by atoms with Gasteiger partial charge in [0.2, 0.25) is 5.82 Å². The fraction of sp³-hybridized carbons (Fsp3) is 0.0667. The summed E-state index contributed by atoms with van der Waals surface area (Å²) in [6, 6.07) is 11.0. The molecule has 1 heterocycles. The first kappa shape index (κ1) is 12.5. The second kappa shape index (κ2) is 4.85. The van der Waals surface area contributed by atoms with Crippen molar-refractivity contribution in [3.8, 4) is 22.8 Å². The minimum atomic E-state index is -0.732. The monoisotopic (exact) mass is 272 g/mol. The highest BCUT2D eigenvalue weighted by Crippen LogP contribution is 2.26. The van der Waals surface area contributed by atoms with E-state index in [1.54, 1.807) is 0 Å². The molecule has 0 saturated carbocycles. The van der Waals surface area contributed by atoms with Crippen LogP contribution in [0.1, 0.15) is 5.56 Å². The Balaban J connectivity index is 2.04. The molecule has 0 unspecified atom stereocenters. The van der Waals surface area contributed by atoms with E-state index in [4.69, 9.17) is 4.52 Å². The lowest BCUT2D eigenvalue weighted by molar-refractivity contribution is 0.426. The number of nitrogens with zero attached hydrogens (tertiary/aromatic N) is 2. The van der Waals surface area contributed by atoms with Crippen molar-refractivity contribution < 1.29 is 13.3 Å². The maximum atomic E-state index is 13.6. The summed E-state index contributed by atoms with van der Waals surface area (Å²) in [4.78, 5) is 4.04. The normalized spacial score (nSPS) is 10.8. The number of halogens is 2. The second-order valence-corrected chi connectivity index (χ2v) is 4.39. The molecule has 20 heavy (non-hydrogen) atoms. The summed E-state index contributed by atoms with van der Waals surface area (Å²) in [7, 11) is 0. The lowest BCUT2D eigenvalue weighted by Gasteiger charge is -1.98. The molecule has 0 bridgehead atoms. The summed E-state index contributed by atoms with van der Waals surface area (Å²) >= 11 is 0. The molecule has 3 aromatic rings. The highest BCUT2D eigenvalue weighted by molar-refractivity contribution is 5.60. The standard InChI is InChI=1S/C15H10F2N2O/c1-9-5-7-10(8-6-9)14-18-15(20-19-14)13-11(16)3-2-4-12(13)17/h2-8H,1H3. The van der Waals surface area contributed by atoms with Gasteiger partial charge in [0.15, 0.2) is 0 Å². The average Bonchev–Trinajstić information content (AvgIpc) is 2.89. The molecule has 0 N–H and O–H groups in total. The Labute approximate surface area is 113 Å². The van der Waals surface area contributed by atoms with Crippen LogP contribution >= 0.6 is 0 Å². The Kier molecular flexibility index (Phi) is 3.02. The first-order chi connectivity index (χ1) is 9.65. The highest BCUT2D eigenvalue weighted by Gasteiger charge is 2.18. The lowest BCUT2D eigenvalue weighted by atomic mass is 10.1. The molecule has 0 aliphatic carbocycles. The van der Waals surface area contributed by atoms with E-state index >= 15 is 0 Å². The predicted octanol–water partition coefficient (Wildman–Crippen LogP) is 3.99. The number of benzene rings is 2. The highest BCUT2D eigenvalue weighted by atomic mass is 19.1. The molecule has 3 nitrogen and oxygen atoms in total. The van der Waals surface area contributed by atoms with Crippen LogP contribution in [0.4, 0.5) is 8.78 Å². The second-order valence-electron chi connectivity index (χ2n) is 4.39. The SMILES string of the molecule is Cc1ccc(-c2noc(-c3c(F)cccc3F)n2)cc1. The fourth-order valence-corrected chi connectivity index (χ4v) is 1.85. The predicted molar refractivity (Wildman–Crippen MR) is 69.8 cm³/mol. The van der Waals surface area contributed by atoms with Crippen LogP contribution in [0.25, 0.3) is 22.8 Å². The fourth-order valence-electron chi connectivity index (χ4n) is 1.85. The molecule has 5 heteroatoms. The molecular weight excluding hydrogens is 262 g/mol. The Morgan fingerprint density at radius 3 is 2.25 bits per heavy atom. The van der Waals surface area contributed by atoms with E-state index < -0.39 is 11.6 Å². The van der Waals surface area contributed by atoms with Crippen LogP contribution in [0.15, 0.2) is 47.0 Å². The van der Waals surface area contributed by atoms with E-state index in [0.717, 1.165) is 23.3 Å². The van der Waals surface area contributed by atoms with Gasteiger partial charge in [0.1, 0.15) is 17.2 Å². The summed E-state index contributed by atoms with van der Waals surface area (Å²) in [6.45, 7) is 1.96. The Morgan fingerprint density at radius 1 is 0.950 bits per heavy atom. The quantitative estimate of drug-likeness (QED) is 0.708. The molecule has 100 valence electrons. The summed E-state index contributed by atoms with van der Waals surface area (Å²) in [5, 5.41) is 3.76. The topological polar surface area (TPSA) is 38.9 Å². The molecule has 0 radical (unpaired) electrons. The van der Waals surface area contributed by atoms with Crippen LogP contribution in [0.2, 0.25) is 0 Å². The van der Waals surface area contributed by atoms with E-state index in [0.29, 0.717) is 5.82 Å². The van der Waals surface area contributed by atoms with Gasteiger partial charge in [0.05, 0.1) is 0 Å². The van der Waals surface area contributed by atoms with Gasteiger partial charge in [-0.2, -0.15) is 4.98 Å². The van der Waals surface area contributed by atoms with Gasteiger partial charge in [-0.3, -0.25) is 0 Å². The number of hydrogen-bond donors (Lipinski definition) is 0. The van der Waals surface area contributed by atoms with Crippen molar-refractivity contribution in [2.45, 2.75) is 6.92 Å². The van der Waals surface area contributed by atoms with Crippen LogP contribution < -0.4 is 0 Å². The van der Waals surface area contributed by atoms with Gasteiger partial charge in [0.25, 0.3) is 5.89 Å². The zero-order valence-corrected chi connectivity index (χ0v) is 10.6. The molecule has 0 saturated heterocycles.